The maximum Gasteiger partial charge on any atom is 0.241 e. The van der Waals surface area contributed by atoms with E-state index in [0.29, 0.717) is 24.8 Å². The van der Waals surface area contributed by atoms with Crippen molar-refractivity contribution >= 4 is 40.0 Å². The molecule has 0 bridgehead atoms. The smallest absolute Gasteiger partial charge is 0.241 e. The molecule has 1 atom stereocenters. The summed E-state index contributed by atoms with van der Waals surface area (Å²) >= 11 is 0. The van der Waals surface area contributed by atoms with Gasteiger partial charge >= 0.3 is 0 Å². The first kappa shape index (κ1) is 22.0. The number of hydrogen-bond acceptors (Lipinski definition) is 4. The highest BCUT2D eigenvalue weighted by Crippen LogP contribution is 2.24. The highest BCUT2D eigenvalue weighted by molar-refractivity contribution is 14.0. The Hall–Kier alpha value is -1.07. The van der Waals surface area contributed by atoms with Crippen LogP contribution in [0, 0.1) is 5.92 Å². The molecule has 1 aromatic carbocycles. The molecule has 0 amide bonds. The fourth-order valence-electron chi connectivity index (χ4n) is 2.90. The second kappa shape index (κ2) is 9.58. The lowest BCUT2D eigenvalue weighted by molar-refractivity contribution is 0.270. The highest BCUT2D eigenvalue weighted by Gasteiger charge is 2.18. The van der Waals surface area contributed by atoms with E-state index in [1.165, 1.54) is 19.6 Å². The molecule has 0 radical (unpaired) electrons. The molecule has 4 N–H and O–H groups in total. The van der Waals surface area contributed by atoms with Crippen LogP contribution in [0.2, 0.25) is 0 Å². The number of nitrogens with two attached hydrogens (primary N) is 2. The number of likely N-dealkylation sites (tertiary alicyclic amines) is 1. The Bertz CT molecular complexity index is 709. The van der Waals surface area contributed by atoms with E-state index in [1.807, 2.05) is 6.07 Å². The zero-order chi connectivity index (χ0) is 17.7. The minimum absolute atomic E-state index is 0. The summed E-state index contributed by atoms with van der Waals surface area (Å²) in [5.74, 6) is 1.43. The number of rotatable bonds is 5. The van der Waals surface area contributed by atoms with Crippen LogP contribution in [0.1, 0.15) is 25.3 Å². The molecule has 1 aromatic rings. The average molecular weight is 482 g/mol. The normalized spacial score (nSPS) is 18.6. The predicted octanol–water partition coefficient (Wildman–Crippen LogP) is 1.55. The molecule has 7 nitrogen and oxygen atoms in total. The van der Waals surface area contributed by atoms with Crippen LogP contribution < -0.4 is 15.6 Å². The minimum atomic E-state index is -3.83. The summed E-state index contributed by atoms with van der Waals surface area (Å²) in [6, 6.07) is 4.94. The second-order valence-corrected chi connectivity index (χ2v) is 7.74. The van der Waals surface area contributed by atoms with Crippen molar-refractivity contribution in [2.45, 2.75) is 31.1 Å². The minimum Gasteiger partial charge on any atom is -0.495 e. The molecule has 9 heteroatoms. The fourth-order valence-corrected chi connectivity index (χ4v) is 3.64. The summed E-state index contributed by atoms with van der Waals surface area (Å²) in [7, 11) is -2.42. The molecule has 0 spiro atoms. The van der Waals surface area contributed by atoms with Crippen LogP contribution in [-0.2, 0) is 16.4 Å². The number of aliphatic imine (C=N–C) groups is 1. The Balaban J connectivity index is 0.00000312. The number of piperidine rings is 1. The molecule has 0 saturated carbocycles. The van der Waals surface area contributed by atoms with E-state index >= 15 is 0 Å². The van der Waals surface area contributed by atoms with Crippen molar-refractivity contribution in [2.75, 3.05) is 26.7 Å². The van der Waals surface area contributed by atoms with Crippen LogP contribution in [0.15, 0.2) is 28.1 Å². The molecule has 1 aliphatic heterocycles. The number of sulfonamides is 1. The van der Waals surface area contributed by atoms with Crippen molar-refractivity contribution in [3.8, 4) is 5.75 Å². The molecule has 0 aliphatic carbocycles. The number of nitrogens with zero attached hydrogens (tertiary/aromatic N) is 2. The standard InChI is InChI=1S/C16H26N4O3S.HI/c1-12-4-3-9-20(11-12)16(17)19-8-7-13-5-6-14(23-2)15(10-13)24(18,21)22;/h5-6,10,12H,3-4,7-9,11H2,1-2H3,(H2,17,19)(H2,18,21,22);1H. The molecule has 1 aliphatic rings. The van der Waals surface area contributed by atoms with Crippen molar-refractivity contribution < 1.29 is 13.2 Å². The van der Waals surface area contributed by atoms with Crippen molar-refractivity contribution in [1.82, 2.24) is 4.90 Å². The maximum absolute atomic E-state index is 11.6. The Morgan fingerprint density at radius 2 is 2.16 bits per heavy atom. The van der Waals surface area contributed by atoms with Gasteiger partial charge < -0.3 is 15.4 Å². The number of methoxy groups -OCH3 is 1. The van der Waals surface area contributed by atoms with Crippen LogP contribution in [0.3, 0.4) is 0 Å². The molecular weight excluding hydrogens is 455 g/mol. The van der Waals surface area contributed by atoms with Gasteiger partial charge in [-0.2, -0.15) is 0 Å². The molecule has 1 unspecified atom stereocenters. The van der Waals surface area contributed by atoms with Gasteiger partial charge in [-0.25, -0.2) is 13.6 Å². The van der Waals surface area contributed by atoms with Gasteiger partial charge in [0.05, 0.1) is 7.11 Å². The molecule has 2 rings (SSSR count). The van der Waals surface area contributed by atoms with Gasteiger partial charge in [-0.05, 0) is 42.9 Å². The Morgan fingerprint density at radius 1 is 1.44 bits per heavy atom. The number of ether oxygens (including phenoxy) is 1. The maximum atomic E-state index is 11.6. The van der Waals surface area contributed by atoms with Gasteiger partial charge in [0.2, 0.25) is 10.0 Å². The topological polar surface area (TPSA) is 111 Å². The fraction of sp³-hybridized carbons (Fsp3) is 0.562. The van der Waals surface area contributed by atoms with E-state index in [0.717, 1.165) is 25.1 Å². The first-order chi connectivity index (χ1) is 11.3. The summed E-state index contributed by atoms with van der Waals surface area (Å²) in [6.07, 6.45) is 2.94. The predicted molar refractivity (Wildman–Crippen MR) is 110 cm³/mol. The SMILES string of the molecule is COc1ccc(CCN=C(N)N2CCCC(C)C2)cc1S(N)(=O)=O.I. The van der Waals surface area contributed by atoms with Crippen LogP contribution in [-0.4, -0.2) is 46.0 Å². The van der Waals surface area contributed by atoms with Crippen molar-refractivity contribution in [2.24, 2.45) is 21.8 Å². The van der Waals surface area contributed by atoms with Gasteiger partial charge in [0, 0.05) is 19.6 Å². The van der Waals surface area contributed by atoms with Crippen molar-refractivity contribution in [3.63, 3.8) is 0 Å². The van der Waals surface area contributed by atoms with E-state index in [-0.39, 0.29) is 34.6 Å². The molecule has 142 valence electrons. The first-order valence-corrected chi connectivity index (χ1v) is 9.60. The molecular formula is C16H27IN4O3S. The zero-order valence-electron chi connectivity index (χ0n) is 14.6. The lowest BCUT2D eigenvalue weighted by Gasteiger charge is -2.31. The third kappa shape index (κ3) is 6.30. The summed E-state index contributed by atoms with van der Waals surface area (Å²) in [6.45, 7) is 4.59. The van der Waals surface area contributed by atoms with Crippen LogP contribution in [0.5, 0.6) is 5.75 Å². The largest absolute Gasteiger partial charge is 0.495 e. The van der Waals surface area contributed by atoms with Crippen LogP contribution in [0.25, 0.3) is 0 Å². The summed E-state index contributed by atoms with van der Waals surface area (Å²) in [5, 5.41) is 5.23. The van der Waals surface area contributed by atoms with E-state index in [2.05, 4.69) is 16.8 Å². The molecule has 25 heavy (non-hydrogen) atoms. The quantitative estimate of drug-likeness (QED) is 0.376. The highest BCUT2D eigenvalue weighted by atomic mass is 127. The number of guanidine groups is 1. The second-order valence-electron chi connectivity index (χ2n) is 6.21. The average Bonchev–Trinajstić information content (AvgIpc) is 2.54. The summed E-state index contributed by atoms with van der Waals surface area (Å²) in [5.41, 5.74) is 6.88. The first-order valence-electron chi connectivity index (χ1n) is 8.06. The van der Waals surface area contributed by atoms with E-state index in [9.17, 15) is 8.42 Å². The molecule has 1 saturated heterocycles. The zero-order valence-corrected chi connectivity index (χ0v) is 17.8. The van der Waals surface area contributed by atoms with Crippen LogP contribution in [0.4, 0.5) is 0 Å². The Morgan fingerprint density at radius 3 is 2.76 bits per heavy atom. The third-order valence-electron chi connectivity index (χ3n) is 4.19. The number of primary sulfonamides is 1. The third-order valence-corrected chi connectivity index (χ3v) is 5.12. The van der Waals surface area contributed by atoms with Gasteiger partial charge in [0.1, 0.15) is 10.6 Å². The van der Waals surface area contributed by atoms with Crippen molar-refractivity contribution in [1.29, 1.82) is 0 Å². The number of halogens is 1. The van der Waals surface area contributed by atoms with E-state index in [1.54, 1.807) is 6.07 Å². The number of benzene rings is 1. The van der Waals surface area contributed by atoms with E-state index in [4.69, 9.17) is 15.6 Å². The van der Waals surface area contributed by atoms with E-state index < -0.39 is 10.0 Å². The summed E-state index contributed by atoms with van der Waals surface area (Å²) in [4.78, 5) is 6.52. The van der Waals surface area contributed by atoms with Crippen LogP contribution >= 0.6 is 24.0 Å². The molecule has 0 aromatic heterocycles. The van der Waals surface area contributed by atoms with Gasteiger partial charge in [0.15, 0.2) is 5.96 Å². The van der Waals surface area contributed by atoms with Gasteiger partial charge in [0.25, 0.3) is 0 Å². The van der Waals surface area contributed by atoms with Crippen molar-refractivity contribution in [3.05, 3.63) is 23.8 Å². The monoisotopic (exact) mass is 482 g/mol. The molecule has 1 fully saturated rings. The summed E-state index contributed by atoms with van der Waals surface area (Å²) < 4.78 is 28.3. The lowest BCUT2D eigenvalue weighted by atomic mass is 10.0. The number of hydrogen-bond donors (Lipinski definition) is 2. The Labute approximate surface area is 166 Å². The Kier molecular flexibility index (Phi) is 8.42. The lowest BCUT2D eigenvalue weighted by Crippen LogP contribution is -2.43. The molecule has 1 heterocycles. The van der Waals surface area contributed by atoms with Gasteiger partial charge in [-0.3, -0.25) is 4.99 Å². The van der Waals surface area contributed by atoms with Gasteiger partial charge in [-0.15, -0.1) is 24.0 Å². The van der Waals surface area contributed by atoms with Gasteiger partial charge in [-0.1, -0.05) is 13.0 Å².